The van der Waals surface area contributed by atoms with Crippen LogP contribution in [0, 0.1) is 5.92 Å². The second-order valence-corrected chi connectivity index (χ2v) is 9.03. The second-order valence-electron chi connectivity index (χ2n) is 8.59. The molecular weight excluding hydrogens is 460 g/mol. The van der Waals surface area contributed by atoms with Crippen molar-refractivity contribution in [2.75, 3.05) is 19.7 Å². The first-order valence-corrected chi connectivity index (χ1v) is 11.6. The molecule has 1 aliphatic heterocycles. The number of carbonyl (C=O) groups is 3. The van der Waals surface area contributed by atoms with E-state index in [0.717, 1.165) is 16.7 Å². The van der Waals surface area contributed by atoms with E-state index in [2.05, 4.69) is 5.32 Å². The van der Waals surface area contributed by atoms with Crippen molar-refractivity contribution in [3.05, 3.63) is 59.1 Å². The lowest BCUT2D eigenvalue weighted by atomic mass is 9.97. The lowest BCUT2D eigenvalue weighted by Gasteiger charge is -2.31. The number of aliphatic hydroxyl groups is 2. The zero-order valence-corrected chi connectivity index (χ0v) is 19.4. The molecular formula is C25H29ClN2O6. The third-order valence-electron chi connectivity index (χ3n) is 6.08. The number of amides is 2. The average Bonchev–Trinajstić information content (AvgIpc) is 2.84. The molecule has 8 nitrogen and oxygen atoms in total. The van der Waals surface area contributed by atoms with Gasteiger partial charge in [0, 0.05) is 37.2 Å². The molecule has 1 saturated heterocycles. The number of hydrogen-bond acceptors (Lipinski definition) is 5. The molecule has 0 aromatic heterocycles. The molecule has 9 heteroatoms. The summed E-state index contributed by atoms with van der Waals surface area (Å²) in [5, 5.41) is 31.5. The van der Waals surface area contributed by atoms with Gasteiger partial charge in [0.1, 0.15) is 0 Å². The van der Waals surface area contributed by atoms with Crippen LogP contribution in [0.2, 0.25) is 5.02 Å². The molecule has 3 rings (SSSR count). The van der Waals surface area contributed by atoms with Crippen molar-refractivity contribution in [2.24, 2.45) is 5.92 Å². The summed E-state index contributed by atoms with van der Waals surface area (Å²) in [6.45, 7) is 0.815. The van der Waals surface area contributed by atoms with Crippen molar-refractivity contribution in [1.29, 1.82) is 0 Å². The Bertz CT molecular complexity index is 1000. The van der Waals surface area contributed by atoms with E-state index in [1.807, 2.05) is 42.5 Å². The van der Waals surface area contributed by atoms with E-state index in [1.165, 1.54) is 4.90 Å². The molecule has 0 saturated carbocycles. The number of hydrogen-bond donors (Lipinski definition) is 4. The fourth-order valence-electron chi connectivity index (χ4n) is 4.06. The first-order chi connectivity index (χ1) is 16.3. The number of rotatable bonds is 8. The molecule has 0 bridgehead atoms. The fourth-order valence-corrected chi connectivity index (χ4v) is 4.25. The first-order valence-electron chi connectivity index (χ1n) is 11.2. The van der Waals surface area contributed by atoms with Gasteiger partial charge in [-0.3, -0.25) is 9.59 Å². The molecule has 1 heterocycles. The topological polar surface area (TPSA) is 127 Å². The summed E-state index contributed by atoms with van der Waals surface area (Å²) >= 11 is 6.06. The van der Waals surface area contributed by atoms with Gasteiger partial charge in [0.15, 0.2) is 6.10 Å². The van der Waals surface area contributed by atoms with Crippen LogP contribution in [0.4, 0.5) is 0 Å². The Kier molecular flexibility index (Phi) is 9.04. The van der Waals surface area contributed by atoms with Gasteiger partial charge in [0.25, 0.3) is 0 Å². The van der Waals surface area contributed by atoms with Crippen molar-refractivity contribution in [1.82, 2.24) is 10.2 Å². The molecule has 2 aromatic carbocycles. The van der Waals surface area contributed by atoms with Gasteiger partial charge in [0.05, 0.1) is 0 Å². The van der Waals surface area contributed by atoms with Gasteiger partial charge < -0.3 is 25.5 Å². The van der Waals surface area contributed by atoms with Crippen molar-refractivity contribution in [3.63, 3.8) is 0 Å². The summed E-state index contributed by atoms with van der Waals surface area (Å²) in [7, 11) is 0. The number of likely N-dealkylation sites (tertiary alicyclic amines) is 1. The summed E-state index contributed by atoms with van der Waals surface area (Å²) in [6.07, 6.45) is -0.430. The second kappa shape index (κ2) is 12.0. The van der Waals surface area contributed by atoms with Gasteiger partial charge in [-0.25, -0.2) is 4.79 Å². The number of nitrogens with one attached hydrogen (secondary N) is 1. The predicted octanol–water partition coefficient (Wildman–Crippen LogP) is 2.10. The van der Waals surface area contributed by atoms with E-state index in [9.17, 15) is 24.6 Å². The van der Waals surface area contributed by atoms with Gasteiger partial charge in [-0.2, -0.15) is 0 Å². The Morgan fingerprint density at radius 2 is 1.74 bits per heavy atom. The lowest BCUT2D eigenvalue weighted by molar-refractivity contribution is -0.149. The number of aliphatic hydroxyl groups excluding tert-OH is 2. The molecule has 34 heavy (non-hydrogen) atoms. The van der Waals surface area contributed by atoms with Gasteiger partial charge in [-0.1, -0.05) is 48.0 Å². The minimum absolute atomic E-state index is 0.0550. The van der Waals surface area contributed by atoms with Gasteiger partial charge in [-0.05, 0) is 54.0 Å². The largest absolute Gasteiger partial charge is 0.479 e. The van der Waals surface area contributed by atoms with E-state index >= 15 is 0 Å². The number of benzene rings is 2. The summed E-state index contributed by atoms with van der Waals surface area (Å²) in [6, 6.07) is 14.2. The van der Waals surface area contributed by atoms with Gasteiger partial charge in [0.2, 0.25) is 0 Å². The summed E-state index contributed by atoms with van der Waals surface area (Å²) < 4.78 is 0. The smallest absolute Gasteiger partial charge is 0.332 e. The number of piperidine rings is 1. The van der Waals surface area contributed by atoms with Crippen LogP contribution < -0.4 is 5.32 Å². The number of aliphatic carboxylic acids is 1. The monoisotopic (exact) mass is 488 g/mol. The van der Waals surface area contributed by atoms with E-state index < -0.39 is 29.9 Å². The molecule has 4 N–H and O–H groups in total. The number of carboxylic acid groups (broad SMARTS) is 1. The van der Waals surface area contributed by atoms with Crippen LogP contribution in [0.3, 0.4) is 0 Å². The quantitative estimate of drug-likeness (QED) is 0.421. The highest BCUT2D eigenvalue weighted by Crippen LogP contribution is 2.23. The first kappa shape index (κ1) is 25.7. The molecule has 0 aliphatic carbocycles. The Hall–Kier alpha value is -2.94. The molecule has 1 aliphatic rings. The maximum Gasteiger partial charge on any atom is 0.332 e. The maximum absolute atomic E-state index is 12.6. The Labute approximate surface area is 203 Å². The Morgan fingerprint density at radius 3 is 2.32 bits per heavy atom. The molecule has 182 valence electrons. The van der Waals surface area contributed by atoms with Crippen LogP contribution in [0.5, 0.6) is 0 Å². The lowest BCUT2D eigenvalue weighted by Crippen LogP contribution is -2.50. The van der Waals surface area contributed by atoms with Gasteiger partial charge in [-0.15, -0.1) is 0 Å². The molecule has 2 amide bonds. The molecule has 2 atom stereocenters. The number of carboxylic acids is 1. The highest BCUT2D eigenvalue weighted by atomic mass is 35.5. The van der Waals surface area contributed by atoms with E-state index in [1.54, 1.807) is 6.07 Å². The maximum atomic E-state index is 12.6. The standard InChI is InChI=1S/C25H29ClN2O6/c26-20-3-1-2-19(13-20)18-6-4-16(5-7-18)12-21(14-22(30)25(33)34)27-23(31)24(32)28-10-8-17(15-29)9-11-28/h1-7,13,17,21-22,29-30H,8-12,14-15H2,(H,27,31)(H,33,34). The number of halogens is 1. The highest BCUT2D eigenvalue weighted by molar-refractivity contribution is 6.35. The predicted molar refractivity (Wildman–Crippen MR) is 127 cm³/mol. The van der Waals surface area contributed by atoms with Crippen molar-refractivity contribution >= 4 is 29.4 Å². The number of carbonyl (C=O) groups excluding carboxylic acids is 2. The van der Waals surface area contributed by atoms with Crippen LogP contribution in [-0.2, 0) is 20.8 Å². The van der Waals surface area contributed by atoms with Crippen molar-refractivity contribution in [2.45, 2.75) is 37.8 Å². The highest BCUT2D eigenvalue weighted by Gasteiger charge is 2.29. The molecule has 0 radical (unpaired) electrons. The van der Waals surface area contributed by atoms with Gasteiger partial charge >= 0.3 is 17.8 Å². The zero-order chi connectivity index (χ0) is 24.7. The molecule has 2 aromatic rings. The SMILES string of the molecule is O=C(NC(Cc1ccc(-c2cccc(Cl)c2)cc1)CC(O)C(=O)O)C(=O)N1CCC(CO)CC1. The van der Waals surface area contributed by atoms with Crippen LogP contribution in [0.1, 0.15) is 24.8 Å². The zero-order valence-electron chi connectivity index (χ0n) is 18.7. The summed E-state index contributed by atoms with van der Waals surface area (Å²) in [4.78, 5) is 37.8. The van der Waals surface area contributed by atoms with E-state index in [-0.39, 0.29) is 25.4 Å². The summed E-state index contributed by atoms with van der Waals surface area (Å²) in [5.74, 6) is -2.79. The van der Waals surface area contributed by atoms with E-state index in [4.69, 9.17) is 16.7 Å². The third-order valence-corrected chi connectivity index (χ3v) is 6.31. The molecule has 0 spiro atoms. The van der Waals surface area contributed by atoms with Crippen LogP contribution in [-0.4, -0.2) is 69.8 Å². The van der Waals surface area contributed by atoms with Crippen LogP contribution in [0.15, 0.2) is 48.5 Å². The minimum atomic E-state index is -1.67. The molecule has 2 unspecified atom stereocenters. The minimum Gasteiger partial charge on any atom is -0.479 e. The van der Waals surface area contributed by atoms with Crippen LogP contribution in [0.25, 0.3) is 11.1 Å². The van der Waals surface area contributed by atoms with Crippen molar-refractivity contribution in [3.8, 4) is 11.1 Å². The van der Waals surface area contributed by atoms with Crippen molar-refractivity contribution < 1.29 is 29.7 Å². The average molecular weight is 489 g/mol. The molecule has 1 fully saturated rings. The third kappa shape index (κ3) is 7.03. The Balaban J connectivity index is 1.67. The van der Waals surface area contributed by atoms with Crippen LogP contribution >= 0.6 is 11.6 Å². The normalized spacial score (nSPS) is 16.0. The fraction of sp³-hybridized carbons (Fsp3) is 0.400. The Morgan fingerprint density at radius 1 is 1.06 bits per heavy atom. The summed E-state index contributed by atoms with van der Waals surface area (Å²) in [5.41, 5.74) is 2.70. The number of nitrogens with zero attached hydrogens (tertiary/aromatic N) is 1. The van der Waals surface area contributed by atoms with E-state index in [0.29, 0.717) is 31.0 Å².